The molecule has 0 saturated carbocycles. The van der Waals surface area contributed by atoms with E-state index in [1.165, 1.54) is 19.9 Å². The van der Waals surface area contributed by atoms with Crippen molar-refractivity contribution in [3.63, 3.8) is 0 Å². The molecule has 5 N–H and O–H groups in total. The van der Waals surface area contributed by atoms with Crippen molar-refractivity contribution in [1.82, 2.24) is 0 Å². The molecule has 2 aliphatic heterocycles. The monoisotopic (exact) mass is 504 g/mol. The summed E-state index contributed by atoms with van der Waals surface area (Å²) >= 11 is 0. The highest BCUT2D eigenvalue weighted by Crippen LogP contribution is 2.39. The number of esters is 2. The van der Waals surface area contributed by atoms with Crippen molar-refractivity contribution < 1.29 is 63.6 Å². The number of hydrogen-bond donors (Lipinski definition) is 5. The number of carboxylic acids is 1. The van der Waals surface area contributed by atoms with Crippen LogP contribution in [0, 0.1) is 11.8 Å². The quantitative estimate of drug-likeness (QED) is 0.186. The van der Waals surface area contributed by atoms with Gasteiger partial charge in [0.15, 0.2) is 6.29 Å². The van der Waals surface area contributed by atoms with Crippen LogP contribution in [-0.4, -0.2) is 100 Å². The molecule has 13 nitrogen and oxygen atoms in total. The predicted molar refractivity (Wildman–Crippen MR) is 114 cm³/mol. The van der Waals surface area contributed by atoms with Gasteiger partial charge in [0.1, 0.15) is 30.5 Å². The molecule has 2 aliphatic rings. The van der Waals surface area contributed by atoms with Gasteiger partial charge in [0.2, 0.25) is 6.29 Å². The summed E-state index contributed by atoms with van der Waals surface area (Å²) in [6.07, 6.45) is -8.69. The first kappa shape index (κ1) is 28.7. The van der Waals surface area contributed by atoms with E-state index in [2.05, 4.69) is 0 Å². The average molecular weight is 504 g/mol. The lowest BCUT2D eigenvalue weighted by molar-refractivity contribution is -0.344. The van der Waals surface area contributed by atoms with Crippen LogP contribution in [-0.2, 0) is 38.1 Å². The van der Waals surface area contributed by atoms with Gasteiger partial charge in [-0.1, -0.05) is 6.08 Å². The van der Waals surface area contributed by atoms with Gasteiger partial charge in [-0.25, -0.2) is 9.59 Å². The Morgan fingerprint density at radius 2 is 1.80 bits per heavy atom. The van der Waals surface area contributed by atoms with Crippen molar-refractivity contribution in [3.05, 3.63) is 23.5 Å². The Kier molecular flexibility index (Phi) is 10.2. The Morgan fingerprint density at radius 1 is 1.14 bits per heavy atom. The number of aliphatic hydroxyl groups excluding tert-OH is 4. The first-order chi connectivity index (χ1) is 16.5. The Labute approximate surface area is 201 Å². The van der Waals surface area contributed by atoms with E-state index in [1.807, 2.05) is 0 Å². The molecule has 0 spiro atoms. The van der Waals surface area contributed by atoms with Gasteiger partial charge >= 0.3 is 17.9 Å². The minimum Gasteiger partial charge on any atom is -0.481 e. The molecule has 13 heteroatoms. The van der Waals surface area contributed by atoms with Crippen LogP contribution in [0.4, 0.5) is 0 Å². The number of methoxy groups -OCH3 is 1. The predicted octanol–water partition coefficient (Wildman–Crippen LogP) is -1.18. The van der Waals surface area contributed by atoms with Gasteiger partial charge in [-0.05, 0) is 20.8 Å². The van der Waals surface area contributed by atoms with Crippen LogP contribution >= 0.6 is 0 Å². The minimum atomic E-state index is -1.77. The van der Waals surface area contributed by atoms with Crippen molar-refractivity contribution in [2.45, 2.75) is 70.3 Å². The zero-order valence-corrected chi connectivity index (χ0v) is 19.8. The van der Waals surface area contributed by atoms with Gasteiger partial charge in [0.25, 0.3) is 0 Å². The summed E-state index contributed by atoms with van der Waals surface area (Å²) in [7, 11) is 1.10. The maximum atomic E-state index is 12.4. The Bertz CT molecular complexity index is 835. The second-order valence-electron chi connectivity index (χ2n) is 8.27. The van der Waals surface area contributed by atoms with Gasteiger partial charge in [-0.2, -0.15) is 0 Å². The number of aliphatic hydroxyl groups is 4. The first-order valence-corrected chi connectivity index (χ1v) is 10.9. The number of carbonyl (C=O) groups excluding carboxylic acids is 2. The lowest BCUT2D eigenvalue weighted by Gasteiger charge is -2.44. The highest BCUT2D eigenvalue weighted by atomic mass is 16.8. The fraction of sp³-hybridized carbons (Fsp3) is 0.682. The number of hydrogen-bond acceptors (Lipinski definition) is 12. The van der Waals surface area contributed by atoms with Gasteiger partial charge in [-0.3, -0.25) is 4.79 Å². The molecular weight excluding hydrogens is 472 g/mol. The minimum absolute atomic E-state index is 0.140. The number of allylic oxidation sites excluding steroid dienone is 1. The van der Waals surface area contributed by atoms with E-state index in [4.69, 9.17) is 23.7 Å². The SMILES string of the molecule is CC=C(C)C(=O)OC(C)C1C(OC2OC(CO)C(O)C(O)C2O)OC=C(C(=O)OC)C1CC(=O)O. The van der Waals surface area contributed by atoms with E-state index in [1.54, 1.807) is 6.92 Å². The van der Waals surface area contributed by atoms with Crippen LogP contribution < -0.4 is 0 Å². The third kappa shape index (κ3) is 6.57. The largest absolute Gasteiger partial charge is 0.481 e. The summed E-state index contributed by atoms with van der Waals surface area (Å²) in [5.74, 6) is -5.07. The van der Waals surface area contributed by atoms with E-state index >= 15 is 0 Å². The van der Waals surface area contributed by atoms with Crippen molar-refractivity contribution in [3.8, 4) is 0 Å². The maximum absolute atomic E-state index is 12.4. The third-order valence-electron chi connectivity index (χ3n) is 6.03. The zero-order chi connectivity index (χ0) is 26.4. The van der Waals surface area contributed by atoms with Crippen LogP contribution in [0.3, 0.4) is 0 Å². The number of aliphatic carboxylic acids is 1. The molecule has 1 saturated heterocycles. The Balaban J connectivity index is 2.44. The fourth-order valence-electron chi connectivity index (χ4n) is 3.91. The summed E-state index contributed by atoms with van der Waals surface area (Å²) in [5, 5.41) is 49.3. The number of carbonyl (C=O) groups is 3. The number of rotatable bonds is 9. The third-order valence-corrected chi connectivity index (χ3v) is 6.03. The van der Waals surface area contributed by atoms with E-state index in [0.29, 0.717) is 0 Å². The summed E-state index contributed by atoms with van der Waals surface area (Å²) in [6.45, 7) is 3.89. The smallest absolute Gasteiger partial charge is 0.337 e. The molecule has 0 aliphatic carbocycles. The van der Waals surface area contributed by atoms with Crippen molar-refractivity contribution in [1.29, 1.82) is 0 Å². The number of carboxylic acid groups (broad SMARTS) is 1. The van der Waals surface area contributed by atoms with E-state index < -0.39 is 85.9 Å². The second kappa shape index (κ2) is 12.4. The fourth-order valence-corrected chi connectivity index (χ4v) is 3.91. The first-order valence-electron chi connectivity index (χ1n) is 10.9. The van der Waals surface area contributed by atoms with Crippen LogP contribution in [0.25, 0.3) is 0 Å². The summed E-state index contributed by atoms with van der Waals surface area (Å²) in [5.41, 5.74) is 0.137. The Hall–Kier alpha value is -2.55. The normalized spacial score (nSPS) is 34.3. The molecule has 0 radical (unpaired) electrons. The zero-order valence-electron chi connectivity index (χ0n) is 19.8. The average Bonchev–Trinajstić information content (AvgIpc) is 2.82. The molecule has 198 valence electrons. The molecule has 2 rings (SSSR count). The molecule has 2 heterocycles. The highest BCUT2D eigenvalue weighted by molar-refractivity contribution is 5.90. The topological polar surface area (TPSA) is 199 Å². The molecule has 0 bridgehead atoms. The molecule has 9 atom stereocenters. The maximum Gasteiger partial charge on any atom is 0.337 e. The molecule has 0 amide bonds. The van der Waals surface area contributed by atoms with Gasteiger partial charge in [0.05, 0.1) is 37.9 Å². The lowest BCUT2D eigenvalue weighted by atomic mass is 9.78. The summed E-state index contributed by atoms with van der Waals surface area (Å²) < 4.78 is 26.8. The van der Waals surface area contributed by atoms with Gasteiger partial charge in [-0.15, -0.1) is 0 Å². The van der Waals surface area contributed by atoms with Crippen LogP contribution in [0.15, 0.2) is 23.5 Å². The lowest BCUT2D eigenvalue weighted by Crippen LogP contribution is -2.60. The van der Waals surface area contributed by atoms with Gasteiger partial charge < -0.3 is 49.2 Å². The van der Waals surface area contributed by atoms with Gasteiger partial charge in [0, 0.05) is 11.5 Å². The van der Waals surface area contributed by atoms with E-state index in [-0.39, 0.29) is 11.1 Å². The van der Waals surface area contributed by atoms with Crippen LogP contribution in [0.2, 0.25) is 0 Å². The molecular formula is C22H32O13. The van der Waals surface area contributed by atoms with E-state index in [0.717, 1.165) is 13.4 Å². The molecule has 0 aromatic rings. The van der Waals surface area contributed by atoms with Crippen molar-refractivity contribution in [2.75, 3.05) is 13.7 Å². The number of ether oxygens (including phenoxy) is 5. The standard InChI is InChI=1S/C22H32O13/c1-5-9(2)19(29)33-10(3)15-11(6-14(24)25)12(20(30)31-4)8-32-21(15)35-22-18(28)17(27)16(26)13(7-23)34-22/h5,8,10-11,13,15-18,21-23,26-28H,6-7H2,1-4H3,(H,24,25). The molecule has 1 fully saturated rings. The highest BCUT2D eigenvalue weighted by Gasteiger charge is 2.50. The molecule has 35 heavy (non-hydrogen) atoms. The molecule has 9 unspecified atom stereocenters. The summed E-state index contributed by atoms with van der Waals surface area (Å²) in [6, 6.07) is 0. The molecule has 0 aromatic heterocycles. The molecule has 0 aromatic carbocycles. The van der Waals surface area contributed by atoms with Crippen LogP contribution in [0.5, 0.6) is 0 Å². The Morgan fingerprint density at radius 3 is 2.34 bits per heavy atom. The van der Waals surface area contributed by atoms with Crippen LogP contribution in [0.1, 0.15) is 27.2 Å². The summed E-state index contributed by atoms with van der Waals surface area (Å²) in [4.78, 5) is 36.4. The van der Waals surface area contributed by atoms with Crippen molar-refractivity contribution in [2.24, 2.45) is 11.8 Å². The second-order valence-corrected chi connectivity index (χ2v) is 8.27. The van der Waals surface area contributed by atoms with E-state index in [9.17, 15) is 39.9 Å². The van der Waals surface area contributed by atoms with Crippen molar-refractivity contribution >= 4 is 17.9 Å².